The third-order valence-electron chi connectivity index (χ3n) is 4.50. The number of hydrogen-bond donors (Lipinski definition) is 2. The molecular weight excluding hydrogens is 449 g/mol. The molecular formula is C23H19Cl2N5O2. The highest BCUT2D eigenvalue weighted by Gasteiger charge is 2.11. The van der Waals surface area contributed by atoms with Crippen molar-refractivity contribution in [3.05, 3.63) is 75.2 Å². The average Bonchev–Trinajstić information content (AvgIpc) is 3.40. The normalized spacial score (nSPS) is 12.6. The Morgan fingerprint density at radius 1 is 1.09 bits per heavy atom. The summed E-state index contributed by atoms with van der Waals surface area (Å²) in [6.45, 7) is 1.92. The lowest BCUT2D eigenvalue weighted by Gasteiger charge is -2.03. The third-order valence-corrected chi connectivity index (χ3v) is 5.13. The summed E-state index contributed by atoms with van der Waals surface area (Å²) in [5.74, 6) is 1.67. The first kappa shape index (κ1) is 21.7. The summed E-state index contributed by atoms with van der Waals surface area (Å²) in [6, 6.07) is 13.0. The molecule has 2 heterocycles. The number of halogens is 2. The fraction of sp³-hybridized carbons (Fsp3) is 0.0870. The van der Waals surface area contributed by atoms with Crippen LogP contribution in [0, 0.1) is 0 Å². The van der Waals surface area contributed by atoms with Crippen molar-refractivity contribution in [2.24, 2.45) is 0 Å². The summed E-state index contributed by atoms with van der Waals surface area (Å²) in [6.07, 6.45) is 7.23. The van der Waals surface area contributed by atoms with Crippen LogP contribution in [0.15, 0.2) is 53.0 Å². The van der Waals surface area contributed by atoms with Crippen LogP contribution < -0.4 is 20.8 Å². The Morgan fingerprint density at radius 2 is 1.88 bits per heavy atom. The zero-order valence-electron chi connectivity index (χ0n) is 17.3. The van der Waals surface area contributed by atoms with Gasteiger partial charge >= 0.3 is 6.01 Å². The number of rotatable bonds is 6. The number of H-pyrrole nitrogens is 1. The minimum absolute atomic E-state index is 0.274. The van der Waals surface area contributed by atoms with Crippen LogP contribution in [0.25, 0.3) is 29.6 Å². The molecule has 0 atom stereocenters. The van der Waals surface area contributed by atoms with Crippen LogP contribution >= 0.6 is 23.2 Å². The lowest BCUT2D eigenvalue weighted by Crippen LogP contribution is -2.23. The molecule has 4 rings (SSSR count). The number of aromatic amines is 1. The number of benzene rings is 2. The lowest BCUT2D eigenvalue weighted by molar-refractivity contribution is 0.415. The molecule has 0 saturated carbocycles. The Kier molecular flexibility index (Phi) is 6.58. The van der Waals surface area contributed by atoms with Gasteiger partial charge in [0, 0.05) is 17.8 Å². The van der Waals surface area contributed by atoms with E-state index in [1.165, 1.54) is 0 Å². The molecule has 2 aromatic heterocycles. The van der Waals surface area contributed by atoms with E-state index in [0.29, 0.717) is 27.3 Å². The van der Waals surface area contributed by atoms with Gasteiger partial charge in [-0.3, -0.25) is 0 Å². The maximum atomic E-state index is 6.31. The van der Waals surface area contributed by atoms with Crippen molar-refractivity contribution in [2.75, 3.05) is 12.4 Å². The molecule has 2 N–H and O–H groups in total. The third kappa shape index (κ3) is 4.85. The summed E-state index contributed by atoms with van der Waals surface area (Å²) < 4.78 is 10.8. The molecule has 9 heteroatoms. The first-order valence-electron chi connectivity index (χ1n) is 9.67. The first-order valence-corrected chi connectivity index (χ1v) is 10.4. The summed E-state index contributed by atoms with van der Waals surface area (Å²) in [7, 11) is 1.61. The number of nitrogens with zero attached hydrogens (tertiary/aromatic N) is 3. The van der Waals surface area contributed by atoms with Gasteiger partial charge in [0.15, 0.2) is 0 Å². The van der Waals surface area contributed by atoms with Crippen LogP contribution in [-0.2, 0) is 0 Å². The van der Waals surface area contributed by atoms with Crippen LogP contribution in [0.1, 0.15) is 12.8 Å². The lowest BCUT2D eigenvalue weighted by atomic mass is 10.2. The number of aromatic nitrogens is 4. The topological polar surface area (TPSA) is 88.9 Å². The van der Waals surface area contributed by atoms with E-state index in [4.69, 9.17) is 32.4 Å². The van der Waals surface area contributed by atoms with Crippen molar-refractivity contribution in [3.63, 3.8) is 0 Å². The average molecular weight is 468 g/mol. The van der Waals surface area contributed by atoms with Gasteiger partial charge in [0.05, 0.1) is 33.4 Å². The molecule has 0 saturated heterocycles. The van der Waals surface area contributed by atoms with Gasteiger partial charge in [0.1, 0.15) is 11.6 Å². The Balaban J connectivity index is 1.55. The van der Waals surface area contributed by atoms with E-state index >= 15 is 0 Å². The van der Waals surface area contributed by atoms with Crippen molar-refractivity contribution in [2.45, 2.75) is 6.92 Å². The molecule has 2 aromatic carbocycles. The smallest absolute Gasteiger partial charge is 0.320 e. The van der Waals surface area contributed by atoms with E-state index in [-0.39, 0.29) is 6.01 Å². The molecule has 0 aliphatic heterocycles. The van der Waals surface area contributed by atoms with Gasteiger partial charge in [0.25, 0.3) is 0 Å². The SMILES string of the molecule is C/C=c1/[nH]c(-c2c(Cl)cccc2Cl)n/c1=C/C=C/c1nnc(Nc2cccc(OC)c2)o1. The maximum Gasteiger partial charge on any atom is 0.320 e. The van der Waals surface area contributed by atoms with Gasteiger partial charge in [-0.2, -0.15) is 0 Å². The number of nitrogens with one attached hydrogen (secondary N) is 2. The molecule has 0 amide bonds. The maximum absolute atomic E-state index is 6.31. The second-order valence-electron chi connectivity index (χ2n) is 6.60. The number of methoxy groups -OCH3 is 1. The van der Waals surface area contributed by atoms with E-state index in [9.17, 15) is 0 Å². The number of anilines is 2. The Labute approximate surface area is 194 Å². The van der Waals surface area contributed by atoms with E-state index in [2.05, 4.69) is 25.5 Å². The molecule has 4 aromatic rings. The first-order chi connectivity index (χ1) is 15.6. The van der Waals surface area contributed by atoms with Gasteiger partial charge in [-0.15, -0.1) is 5.10 Å². The summed E-state index contributed by atoms with van der Waals surface area (Å²) >= 11 is 12.6. The predicted octanol–water partition coefficient (Wildman–Crippen LogP) is 4.81. The molecule has 0 fully saturated rings. The zero-order chi connectivity index (χ0) is 22.5. The van der Waals surface area contributed by atoms with Crippen molar-refractivity contribution in [1.82, 2.24) is 20.2 Å². The van der Waals surface area contributed by atoms with Gasteiger partial charge < -0.3 is 19.5 Å². The second kappa shape index (κ2) is 9.72. The van der Waals surface area contributed by atoms with Crippen LogP contribution in [0.4, 0.5) is 11.7 Å². The van der Waals surface area contributed by atoms with Gasteiger partial charge in [0.2, 0.25) is 5.89 Å². The molecule has 32 heavy (non-hydrogen) atoms. The zero-order valence-corrected chi connectivity index (χ0v) is 18.8. The number of imidazole rings is 1. The minimum atomic E-state index is 0.274. The van der Waals surface area contributed by atoms with Crippen molar-refractivity contribution in [3.8, 4) is 17.1 Å². The molecule has 0 aliphatic rings. The largest absolute Gasteiger partial charge is 0.497 e. The molecule has 0 unspecified atom stereocenters. The quantitative estimate of drug-likeness (QED) is 0.422. The van der Waals surface area contributed by atoms with Gasteiger partial charge in [-0.1, -0.05) is 52.6 Å². The van der Waals surface area contributed by atoms with Crippen molar-refractivity contribution < 1.29 is 9.15 Å². The second-order valence-corrected chi connectivity index (χ2v) is 7.41. The Bertz CT molecular complexity index is 1370. The standard InChI is InChI=1S/C23H19Cl2N5O2/c1-3-18-19(28-22(27-18)21-16(24)9-5-10-17(21)25)11-6-12-20-29-30-23(32-20)26-14-7-4-8-15(13-14)31-2/h3-13H,1-2H3,(H,26,30)(H,27,28)/b12-6+,18-3+,19-11+. The fourth-order valence-electron chi connectivity index (χ4n) is 2.99. The van der Waals surface area contributed by atoms with Gasteiger partial charge in [-0.05, 0) is 37.3 Å². The summed E-state index contributed by atoms with van der Waals surface area (Å²) in [5.41, 5.74) is 1.44. The van der Waals surface area contributed by atoms with Crippen LogP contribution in [0.5, 0.6) is 5.75 Å². The van der Waals surface area contributed by atoms with Crippen molar-refractivity contribution in [1.29, 1.82) is 0 Å². The van der Waals surface area contributed by atoms with Crippen LogP contribution in [0.2, 0.25) is 10.0 Å². The monoisotopic (exact) mass is 467 g/mol. The molecule has 0 aliphatic carbocycles. The number of ether oxygens (including phenoxy) is 1. The molecule has 0 radical (unpaired) electrons. The number of allylic oxidation sites excluding steroid dienone is 1. The molecule has 162 valence electrons. The number of hydrogen-bond acceptors (Lipinski definition) is 6. The van der Waals surface area contributed by atoms with E-state index in [1.807, 2.05) is 43.3 Å². The van der Waals surface area contributed by atoms with E-state index in [0.717, 1.165) is 22.1 Å². The van der Waals surface area contributed by atoms with Crippen LogP contribution in [0.3, 0.4) is 0 Å². The van der Waals surface area contributed by atoms with Gasteiger partial charge in [-0.25, -0.2) is 4.98 Å². The van der Waals surface area contributed by atoms with Crippen molar-refractivity contribution >= 4 is 53.1 Å². The predicted molar refractivity (Wildman–Crippen MR) is 128 cm³/mol. The minimum Gasteiger partial charge on any atom is -0.497 e. The fourth-order valence-corrected chi connectivity index (χ4v) is 3.56. The van der Waals surface area contributed by atoms with E-state index in [1.54, 1.807) is 37.5 Å². The molecule has 7 nitrogen and oxygen atoms in total. The van der Waals surface area contributed by atoms with E-state index < -0.39 is 0 Å². The van der Waals surface area contributed by atoms with Crippen LogP contribution in [-0.4, -0.2) is 27.3 Å². The Hall–Kier alpha value is -3.55. The highest BCUT2D eigenvalue weighted by atomic mass is 35.5. The highest BCUT2D eigenvalue weighted by Crippen LogP contribution is 2.31. The molecule has 0 spiro atoms. The highest BCUT2D eigenvalue weighted by molar-refractivity contribution is 6.38. The molecule has 0 bridgehead atoms. The summed E-state index contributed by atoms with van der Waals surface area (Å²) in [5, 5.41) is 13.7. The Morgan fingerprint density at radius 3 is 2.62 bits per heavy atom. The summed E-state index contributed by atoms with van der Waals surface area (Å²) in [4.78, 5) is 7.87.